The average Bonchev–Trinajstić information content (AvgIpc) is 2.74. The normalized spacial score (nSPS) is 18.0. The number of amides is 1. The van der Waals surface area contributed by atoms with Crippen molar-refractivity contribution in [1.82, 2.24) is 19.9 Å². The number of piperazine rings is 2. The van der Waals surface area contributed by atoms with E-state index in [0.29, 0.717) is 0 Å². The Hall–Kier alpha value is -2.90. The molecule has 0 atom stereocenters. The van der Waals surface area contributed by atoms with E-state index in [1.807, 2.05) is 30.2 Å². The summed E-state index contributed by atoms with van der Waals surface area (Å²) in [5.41, 5.74) is 0. The Morgan fingerprint density at radius 1 is 0.815 bits per heavy atom. The zero-order valence-electron chi connectivity index (χ0n) is 15.7. The topological polar surface area (TPSA) is 68.7 Å². The molecule has 0 spiro atoms. The molecule has 0 unspecified atom stereocenters. The number of pyridine rings is 1. The first-order chi connectivity index (χ1) is 13.2. The molecule has 0 saturated carbocycles. The SMILES string of the molecule is Cc1nc(N2CCN(C=O)CC2)cc(N2CCN(c3ccccn3)CC2)n1. The summed E-state index contributed by atoms with van der Waals surface area (Å²) in [5.74, 6) is 3.75. The average molecular weight is 367 g/mol. The van der Waals surface area contributed by atoms with Crippen LogP contribution in [0.2, 0.25) is 0 Å². The number of aromatic nitrogens is 3. The molecule has 142 valence electrons. The Bertz CT molecular complexity index is 769. The lowest BCUT2D eigenvalue weighted by atomic mass is 10.3. The molecule has 4 heterocycles. The summed E-state index contributed by atoms with van der Waals surface area (Å²) < 4.78 is 0. The molecule has 8 heteroatoms. The van der Waals surface area contributed by atoms with E-state index < -0.39 is 0 Å². The number of anilines is 3. The third-order valence-corrected chi connectivity index (χ3v) is 5.18. The smallest absolute Gasteiger partial charge is 0.209 e. The van der Waals surface area contributed by atoms with Gasteiger partial charge in [0.05, 0.1) is 0 Å². The van der Waals surface area contributed by atoms with Crippen LogP contribution in [0.5, 0.6) is 0 Å². The molecule has 0 aliphatic carbocycles. The van der Waals surface area contributed by atoms with Gasteiger partial charge >= 0.3 is 0 Å². The standard InChI is InChI=1S/C19H25N7O/c1-16-21-18(25-8-6-23(15-27)7-9-25)14-19(22-16)26-12-10-24(11-13-26)17-4-2-3-5-20-17/h2-5,14-15H,6-13H2,1H3. The Kier molecular flexibility index (Phi) is 5.04. The van der Waals surface area contributed by atoms with Crippen LogP contribution in [0.15, 0.2) is 30.5 Å². The minimum Gasteiger partial charge on any atom is -0.353 e. The molecule has 2 aliphatic heterocycles. The number of nitrogens with zero attached hydrogens (tertiary/aromatic N) is 7. The molecule has 0 N–H and O–H groups in total. The van der Waals surface area contributed by atoms with Gasteiger partial charge in [-0.05, 0) is 19.1 Å². The van der Waals surface area contributed by atoms with Gasteiger partial charge in [0.1, 0.15) is 23.3 Å². The van der Waals surface area contributed by atoms with Gasteiger partial charge in [0, 0.05) is 64.6 Å². The van der Waals surface area contributed by atoms with Gasteiger partial charge in [0.15, 0.2) is 0 Å². The second kappa shape index (κ2) is 7.77. The third kappa shape index (κ3) is 3.94. The molecule has 8 nitrogen and oxygen atoms in total. The largest absolute Gasteiger partial charge is 0.353 e. The lowest BCUT2D eigenvalue weighted by Crippen LogP contribution is -2.47. The van der Waals surface area contributed by atoms with E-state index in [9.17, 15) is 4.79 Å². The first-order valence-corrected chi connectivity index (χ1v) is 9.44. The molecule has 1 amide bonds. The van der Waals surface area contributed by atoms with Gasteiger partial charge in [0.25, 0.3) is 0 Å². The van der Waals surface area contributed by atoms with E-state index in [0.717, 1.165) is 82.0 Å². The van der Waals surface area contributed by atoms with Crippen molar-refractivity contribution in [3.63, 3.8) is 0 Å². The highest BCUT2D eigenvalue weighted by atomic mass is 16.1. The number of carbonyl (C=O) groups is 1. The highest BCUT2D eigenvalue weighted by Gasteiger charge is 2.22. The molecule has 4 rings (SSSR count). The molecule has 2 aromatic rings. The third-order valence-electron chi connectivity index (χ3n) is 5.18. The maximum absolute atomic E-state index is 10.9. The van der Waals surface area contributed by atoms with Gasteiger partial charge in [-0.15, -0.1) is 0 Å². The van der Waals surface area contributed by atoms with Crippen LogP contribution in [0.25, 0.3) is 0 Å². The van der Waals surface area contributed by atoms with Crippen molar-refractivity contribution in [2.24, 2.45) is 0 Å². The molecule has 2 aliphatic rings. The van der Waals surface area contributed by atoms with E-state index in [2.05, 4.69) is 41.8 Å². The fraction of sp³-hybridized carbons (Fsp3) is 0.474. The number of aryl methyl sites for hydroxylation is 1. The van der Waals surface area contributed by atoms with Crippen LogP contribution in [-0.2, 0) is 4.79 Å². The van der Waals surface area contributed by atoms with Crippen LogP contribution in [0.1, 0.15) is 5.82 Å². The number of carbonyl (C=O) groups excluding carboxylic acids is 1. The fourth-order valence-electron chi connectivity index (χ4n) is 3.62. The lowest BCUT2D eigenvalue weighted by Gasteiger charge is -2.37. The minimum absolute atomic E-state index is 0.741. The molecule has 2 fully saturated rings. The minimum atomic E-state index is 0.741. The van der Waals surface area contributed by atoms with Gasteiger partial charge in [-0.2, -0.15) is 0 Å². The Balaban J connectivity index is 1.44. The summed E-state index contributed by atoms with van der Waals surface area (Å²) in [7, 11) is 0. The van der Waals surface area contributed by atoms with Crippen LogP contribution in [-0.4, -0.2) is 78.6 Å². The quantitative estimate of drug-likeness (QED) is 0.740. The van der Waals surface area contributed by atoms with Crippen molar-refractivity contribution in [2.75, 3.05) is 67.1 Å². The van der Waals surface area contributed by atoms with E-state index in [-0.39, 0.29) is 0 Å². The van der Waals surface area contributed by atoms with Crippen LogP contribution in [0, 0.1) is 6.92 Å². The van der Waals surface area contributed by atoms with Crippen LogP contribution in [0.3, 0.4) is 0 Å². The Labute approximate surface area is 159 Å². The predicted molar refractivity (Wildman–Crippen MR) is 105 cm³/mol. The zero-order valence-corrected chi connectivity index (χ0v) is 15.7. The van der Waals surface area contributed by atoms with Crippen molar-refractivity contribution in [3.8, 4) is 0 Å². The van der Waals surface area contributed by atoms with Crippen molar-refractivity contribution in [2.45, 2.75) is 6.92 Å². The highest BCUT2D eigenvalue weighted by molar-refractivity contribution is 5.54. The van der Waals surface area contributed by atoms with Gasteiger partial charge < -0.3 is 19.6 Å². The fourth-order valence-corrected chi connectivity index (χ4v) is 3.62. The molecule has 0 aromatic carbocycles. The van der Waals surface area contributed by atoms with Crippen LogP contribution >= 0.6 is 0 Å². The summed E-state index contributed by atoms with van der Waals surface area (Å²) in [6.45, 7) is 8.70. The summed E-state index contributed by atoms with van der Waals surface area (Å²) in [4.78, 5) is 33.3. The first-order valence-electron chi connectivity index (χ1n) is 9.44. The van der Waals surface area contributed by atoms with E-state index in [1.54, 1.807) is 0 Å². The van der Waals surface area contributed by atoms with E-state index >= 15 is 0 Å². The number of hydrogen-bond acceptors (Lipinski definition) is 7. The summed E-state index contributed by atoms with van der Waals surface area (Å²) in [5, 5.41) is 0. The summed E-state index contributed by atoms with van der Waals surface area (Å²) >= 11 is 0. The molecule has 2 aromatic heterocycles. The lowest BCUT2D eigenvalue weighted by molar-refractivity contribution is -0.118. The van der Waals surface area contributed by atoms with Crippen LogP contribution in [0.4, 0.5) is 17.5 Å². The molecular formula is C19H25N7O. The maximum atomic E-state index is 10.9. The molecular weight excluding hydrogens is 342 g/mol. The molecule has 2 saturated heterocycles. The summed E-state index contributed by atoms with van der Waals surface area (Å²) in [6, 6.07) is 8.11. The second-order valence-corrected chi connectivity index (χ2v) is 6.92. The van der Waals surface area contributed by atoms with Gasteiger partial charge in [-0.25, -0.2) is 15.0 Å². The van der Waals surface area contributed by atoms with Gasteiger partial charge in [0.2, 0.25) is 6.41 Å². The number of rotatable bonds is 4. The van der Waals surface area contributed by atoms with Crippen molar-refractivity contribution in [1.29, 1.82) is 0 Å². The second-order valence-electron chi connectivity index (χ2n) is 6.92. The van der Waals surface area contributed by atoms with E-state index in [4.69, 9.17) is 0 Å². The highest BCUT2D eigenvalue weighted by Crippen LogP contribution is 2.22. The van der Waals surface area contributed by atoms with E-state index in [1.165, 1.54) is 0 Å². The van der Waals surface area contributed by atoms with Crippen molar-refractivity contribution < 1.29 is 4.79 Å². The summed E-state index contributed by atoms with van der Waals surface area (Å²) in [6.07, 6.45) is 2.77. The van der Waals surface area contributed by atoms with Gasteiger partial charge in [-0.1, -0.05) is 6.07 Å². The predicted octanol–water partition coefficient (Wildman–Crippen LogP) is 0.785. The monoisotopic (exact) mass is 367 g/mol. The molecule has 0 radical (unpaired) electrons. The maximum Gasteiger partial charge on any atom is 0.209 e. The molecule has 0 bridgehead atoms. The Morgan fingerprint density at radius 3 is 1.89 bits per heavy atom. The first kappa shape index (κ1) is 17.5. The van der Waals surface area contributed by atoms with Crippen LogP contribution < -0.4 is 14.7 Å². The zero-order chi connectivity index (χ0) is 18.6. The van der Waals surface area contributed by atoms with Gasteiger partial charge in [-0.3, -0.25) is 4.79 Å². The molecule has 27 heavy (non-hydrogen) atoms. The number of hydrogen-bond donors (Lipinski definition) is 0. The Morgan fingerprint density at radius 2 is 1.37 bits per heavy atom. The van der Waals surface area contributed by atoms with Crippen molar-refractivity contribution >= 4 is 23.9 Å². The van der Waals surface area contributed by atoms with Crippen molar-refractivity contribution in [3.05, 3.63) is 36.3 Å².